The number of thioether (sulfide) groups is 1. The number of nitrogens with zero attached hydrogens (tertiary/aromatic N) is 1. The Hall–Kier alpha value is -2.05. The van der Waals surface area contributed by atoms with Crippen molar-refractivity contribution in [3.63, 3.8) is 0 Å². The Labute approximate surface area is 306 Å². The first-order chi connectivity index (χ1) is 23.7. The van der Waals surface area contributed by atoms with Crippen molar-refractivity contribution in [1.29, 1.82) is 0 Å². The Morgan fingerprint density at radius 1 is 0.920 bits per heavy atom. The highest BCUT2D eigenvalue weighted by molar-refractivity contribution is 7.99. The number of amides is 1. The average molecular weight is 701 g/mol. The Bertz CT molecular complexity index is 1530. The number of hydrogen-bond acceptors (Lipinski definition) is 4. The zero-order chi connectivity index (χ0) is 35.7. The fraction of sp³-hybridized carbons (Fsp3) is 0.727. The van der Waals surface area contributed by atoms with Gasteiger partial charge in [0.2, 0.25) is 5.91 Å². The highest BCUT2D eigenvalue weighted by Crippen LogP contribution is 2.77. The zero-order valence-electron chi connectivity index (χ0n) is 31.9. The van der Waals surface area contributed by atoms with Crippen molar-refractivity contribution in [2.45, 2.75) is 106 Å². The number of hydrogen-bond donors (Lipinski definition) is 2. The minimum Gasteiger partial charge on any atom is -0.478 e. The molecule has 1 aliphatic heterocycles. The van der Waals surface area contributed by atoms with Crippen molar-refractivity contribution in [3.8, 4) is 0 Å². The molecular weight excluding hydrogens is 637 g/mol. The van der Waals surface area contributed by atoms with Gasteiger partial charge in [0.25, 0.3) is 0 Å². The van der Waals surface area contributed by atoms with E-state index in [1.807, 2.05) is 23.9 Å². The fourth-order valence-corrected chi connectivity index (χ4v) is 14.9. The van der Waals surface area contributed by atoms with Crippen molar-refractivity contribution in [2.24, 2.45) is 56.7 Å². The lowest BCUT2D eigenvalue weighted by Gasteiger charge is -2.72. The van der Waals surface area contributed by atoms with Gasteiger partial charge in [0.05, 0.1) is 5.56 Å². The molecule has 9 atom stereocenters. The maximum atomic E-state index is 12.9. The number of aromatic carboxylic acids is 1. The highest BCUT2D eigenvalue weighted by Gasteiger charge is 2.70. The molecule has 0 bridgehead atoms. The van der Waals surface area contributed by atoms with Gasteiger partial charge in [-0.3, -0.25) is 4.79 Å². The molecule has 0 aromatic heterocycles. The van der Waals surface area contributed by atoms with Crippen LogP contribution in [0.4, 0.5) is 0 Å². The number of carboxylic acids is 1. The summed E-state index contributed by atoms with van der Waals surface area (Å²) < 4.78 is 0. The molecule has 1 heterocycles. The zero-order valence-corrected chi connectivity index (χ0v) is 32.7. The van der Waals surface area contributed by atoms with E-state index >= 15 is 0 Å². The van der Waals surface area contributed by atoms with Crippen LogP contribution in [0.15, 0.2) is 42.5 Å². The molecule has 6 heteroatoms. The summed E-state index contributed by atoms with van der Waals surface area (Å²) in [5, 5.41) is 13.4. The second kappa shape index (κ2) is 13.1. The predicted octanol–water partition coefficient (Wildman–Crippen LogP) is 9.59. The van der Waals surface area contributed by atoms with E-state index in [0.29, 0.717) is 63.7 Å². The molecule has 5 aliphatic carbocycles. The predicted molar refractivity (Wildman–Crippen MR) is 207 cm³/mol. The van der Waals surface area contributed by atoms with Crippen molar-refractivity contribution in [3.05, 3.63) is 53.6 Å². The molecule has 5 nitrogen and oxygen atoms in total. The average Bonchev–Trinajstić information content (AvgIpc) is 3.47. The Morgan fingerprint density at radius 2 is 1.64 bits per heavy atom. The largest absolute Gasteiger partial charge is 0.478 e. The molecule has 1 aromatic rings. The molecule has 1 saturated heterocycles. The van der Waals surface area contributed by atoms with Crippen LogP contribution in [0.2, 0.25) is 0 Å². The molecule has 1 aromatic carbocycles. The molecule has 5 fully saturated rings. The molecule has 0 spiro atoms. The number of rotatable bonds is 8. The third-order valence-electron chi connectivity index (χ3n) is 16.6. The molecule has 50 heavy (non-hydrogen) atoms. The number of allylic oxidation sites excluding steroid dienone is 3. The van der Waals surface area contributed by atoms with Crippen LogP contribution in [0, 0.1) is 56.7 Å². The van der Waals surface area contributed by atoms with Gasteiger partial charge in [0.1, 0.15) is 0 Å². The van der Waals surface area contributed by atoms with E-state index in [0.717, 1.165) is 44.1 Å². The van der Waals surface area contributed by atoms with Crippen LogP contribution in [0.25, 0.3) is 5.57 Å². The Kier molecular flexibility index (Phi) is 9.52. The molecule has 6 aliphatic rings. The lowest BCUT2D eigenvalue weighted by molar-refractivity contribution is -0.225. The standard InChI is InChI=1S/C44H64N2O3S/c1-29(2)32-14-20-44(28-45-23-17-37(47)46-24-26-50-27-25-46)22-21-42(6)34(38(32)44)12-13-36-41(5)18-15-33(30-8-10-31(11-9-30)39(48)49)40(3,4)35(41)16-19-43(36,42)7/h8-11,15,32,34-36,38,45H,1,12-14,16-28H2,2-7H3,(H,48,49)/t32-,34+,35-,36+,38+,41-,42+,43+,44+/m0/s1. The van der Waals surface area contributed by atoms with Gasteiger partial charge in [-0.2, -0.15) is 11.8 Å². The smallest absolute Gasteiger partial charge is 0.335 e. The lowest BCUT2D eigenvalue weighted by Crippen LogP contribution is -2.65. The van der Waals surface area contributed by atoms with E-state index < -0.39 is 5.97 Å². The second-order valence-electron chi connectivity index (χ2n) is 18.9. The minimum absolute atomic E-state index is 0.0229. The number of carboxylic acid groups (broad SMARTS) is 1. The van der Waals surface area contributed by atoms with Crippen molar-refractivity contribution in [1.82, 2.24) is 10.2 Å². The lowest BCUT2D eigenvalue weighted by atomic mass is 9.32. The van der Waals surface area contributed by atoms with Gasteiger partial charge in [-0.25, -0.2) is 4.79 Å². The summed E-state index contributed by atoms with van der Waals surface area (Å²) in [7, 11) is 0. The van der Waals surface area contributed by atoms with Gasteiger partial charge in [0, 0.05) is 44.1 Å². The summed E-state index contributed by atoms with van der Waals surface area (Å²) in [6.07, 6.45) is 14.7. The quantitative estimate of drug-likeness (QED) is 0.209. The van der Waals surface area contributed by atoms with Crippen LogP contribution in [0.3, 0.4) is 0 Å². The first-order valence-electron chi connectivity index (χ1n) is 19.9. The second-order valence-corrected chi connectivity index (χ2v) is 20.1. The number of nitrogens with one attached hydrogen (secondary N) is 1. The number of benzene rings is 1. The van der Waals surface area contributed by atoms with E-state index in [9.17, 15) is 14.7 Å². The van der Waals surface area contributed by atoms with E-state index in [2.05, 4.69) is 64.4 Å². The maximum Gasteiger partial charge on any atom is 0.335 e. The van der Waals surface area contributed by atoms with Gasteiger partial charge in [-0.15, -0.1) is 0 Å². The van der Waals surface area contributed by atoms with Crippen LogP contribution in [0.5, 0.6) is 0 Å². The Balaban J connectivity index is 1.12. The van der Waals surface area contributed by atoms with Gasteiger partial charge >= 0.3 is 5.97 Å². The summed E-state index contributed by atoms with van der Waals surface area (Å²) >= 11 is 1.96. The van der Waals surface area contributed by atoms with E-state index in [-0.39, 0.29) is 10.8 Å². The molecular formula is C44H64N2O3S. The third-order valence-corrected chi connectivity index (χ3v) is 17.6. The number of fused-ring (bicyclic) bond motifs is 7. The summed E-state index contributed by atoms with van der Waals surface area (Å²) in [6.45, 7) is 23.6. The number of carbonyl (C=O) groups excluding carboxylic acids is 1. The first kappa shape index (κ1) is 36.3. The first-order valence-corrected chi connectivity index (χ1v) is 21.1. The van der Waals surface area contributed by atoms with E-state index in [1.165, 1.54) is 68.1 Å². The normalized spacial score (nSPS) is 40.5. The molecule has 0 unspecified atom stereocenters. The van der Waals surface area contributed by atoms with Gasteiger partial charge < -0.3 is 15.3 Å². The summed E-state index contributed by atoms with van der Waals surface area (Å²) in [5.74, 6) is 4.90. The molecule has 4 saturated carbocycles. The monoisotopic (exact) mass is 700 g/mol. The topological polar surface area (TPSA) is 69.6 Å². The minimum atomic E-state index is -0.862. The summed E-state index contributed by atoms with van der Waals surface area (Å²) in [6, 6.07) is 7.62. The van der Waals surface area contributed by atoms with Gasteiger partial charge in [0.15, 0.2) is 0 Å². The van der Waals surface area contributed by atoms with Gasteiger partial charge in [-0.05, 0) is 145 Å². The van der Waals surface area contributed by atoms with E-state index in [1.54, 1.807) is 12.1 Å². The highest BCUT2D eigenvalue weighted by atomic mass is 32.2. The number of carbonyl (C=O) groups is 2. The fourth-order valence-electron chi connectivity index (χ4n) is 14.0. The summed E-state index contributed by atoms with van der Waals surface area (Å²) in [5.41, 5.74) is 5.52. The van der Waals surface area contributed by atoms with Crippen LogP contribution in [-0.4, -0.2) is 59.6 Å². The Morgan fingerprint density at radius 3 is 2.32 bits per heavy atom. The van der Waals surface area contributed by atoms with Crippen molar-refractivity contribution in [2.75, 3.05) is 37.7 Å². The van der Waals surface area contributed by atoms with E-state index in [4.69, 9.17) is 0 Å². The van der Waals surface area contributed by atoms with Crippen LogP contribution >= 0.6 is 11.8 Å². The SMILES string of the molecule is C=C(C)[C@@H]1CC[C@]2(CNCCC(=O)N3CCSCC3)CC[C@]3(C)[C@H](CC[C@@H]4[C@@]5(C)CC=C(c6ccc(C(=O)O)cc6)C(C)(C)[C@@H]5CC[C@]43C)[C@@H]12. The maximum absolute atomic E-state index is 12.9. The van der Waals surface area contributed by atoms with Gasteiger partial charge in [-0.1, -0.05) is 65.0 Å². The van der Waals surface area contributed by atoms with Crippen molar-refractivity contribution < 1.29 is 14.7 Å². The summed E-state index contributed by atoms with van der Waals surface area (Å²) in [4.78, 5) is 26.6. The molecule has 274 valence electrons. The van der Waals surface area contributed by atoms with Crippen molar-refractivity contribution >= 4 is 29.2 Å². The van der Waals surface area contributed by atoms with Crippen LogP contribution in [-0.2, 0) is 4.79 Å². The van der Waals surface area contributed by atoms with Crippen LogP contribution in [0.1, 0.15) is 122 Å². The van der Waals surface area contributed by atoms with Crippen LogP contribution < -0.4 is 5.32 Å². The molecule has 2 N–H and O–H groups in total. The third kappa shape index (κ3) is 5.58. The molecule has 0 radical (unpaired) electrons. The molecule has 1 amide bonds. The molecule has 7 rings (SSSR count).